The molecule has 0 aromatic carbocycles. The van der Waals surface area contributed by atoms with Crippen molar-refractivity contribution in [2.75, 3.05) is 0 Å². The van der Waals surface area contributed by atoms with Crippen molar-refractivity contribution in [1.29, 1.82) is 5.26 Å². The number of aromatic nitrogens is 1. The summed E-state index contributed by atoms with van der Waals surface area (Å²) in [5.74, 6) is 0. The van der Waals surface area contributed by atoms with Gasteiger partial charge in [-0.2, -0.15) is 18.4 Å². The quantitative estimate of drug-likeness (QED) is 0.443. The minimum Gasteiger partial charge on any atom is -0.239 e. The highest BCUT2D eigenvalue weighted by Gasteiger charge is 2.37. The third-order valence-corrected chi connectivity index (χ3v) is 2.46. The second-order valence-corrected chi connectivity index (χ2v) is 3.69. The van der Waals surface area contributed by atoms with E-state index in [4.69, 9.17) is 5.26 Å². The molecule has 0 saturated heterocycles. The van der Waals surface area contributed by atoms with Gasteiger partial charge in [-0.15, -0.1) is 0 Å². The van der Waals surface area contributed by atoms with Crippen molar-refractivity contribution >= 4 is 22.6 Å². The summed E-state index contributed by atoms with van der Waals surface area (Å²) in [4.78, 5) is 3.10. The molecule has 1 aromatic heterocycles. The Balaban J connectivity index is 3.51. The summed E-state index contributed by atoms with van der Waals surface area (Å²) in [6.45, 7) is 0. The van der Waals surface area contributed by atoms with Crippen LogP contribution in [0.15, 0.2) is 6.07 Å². The Kier molecular flexibility index (Phi) is 3.67. The molecule has 86 valence electrons. The summed E-state index contributed by atoms with van der Waals surface area (Å²) >= 11 is 1.43. The topological polar surface area (TPSA) is 36.7 Å². The Hall–Kier alpha value is -0.980. The van der Waals surface area contributed by atoms with Crippen molar-refractivity contribution in [3.8, 4) is 6.07 Å². The van der Waals surface area contributed by atoms with E-state index in [9.17, 15) is 22.0 Å². The van der Waals surface area contributed by atoms with E-state index in [0.717, 1.165) is 0 Å². The van der Waals surface area contributed by atoms with Gasteiger partial charge in [0.15, 0.2) is 0 Å². The van der Waals surface area contributed by atoms with Gasteiger partial charge in [0.2, 0.25) is 0 Å². The minimum absolute atomic E-state index is 0.177. The van der Waals surface area contributed by atoms with E-state index < -0.39 is 23.9 Å². The fraction of sp³-hybridized carbons (Fsp3) is 0.250. The predicted octanol–water partition coefficient (Wildman–Crippen LogP) is 3.51. The maximum atomic E-state index is 12.4. The molecule has 0 aliphatic heterocycles. The van der Waals surface area contributed by atoms with Crippen molar-refractivity contribution < 1.29 is 22.0 Å². The second-order valence-electron chi connectivity index (χ2n) is 2.67. The average Bonchev–Trinajstić information content (AvgIpc) is 2.15. The Morgan fingerprint density at radius 2 is 1.94 bits per heavy atom. The Labute approximate surface area is 100 Å². The summed E-state index contributed by atoms with van der Waals surface area (Å²) in [6.07, 6.45) is -8.28. The maximum absolute atomic E-state index is 12.4. The first-order valence-corrected chi connectivity index (χ1v) is 4.81. The maximum Gasteiger partial charge on any atom is 0.418 e. The fourth-order valence-electron chi connectivity index (χ4n) is 0.976. The molecular formula is C8H2F5IN2. The smallest absolute Gasteiger partial charge is 0.239 e. The Bertz CT molecular complexity index is 449. The van der Waals surface area contributed by atoms with Gasteiger partial charge in [-0.3, -0.25) is 0 Å². The zero-order valence-electron chi connectivity index (χ0n) is 7.32. The van der Waals surface area contributed by atoms with E-state index in [1.165, 1.54) is 28.7 Å². The third-order valence-electron chi connectivity index (χ3n) is 1.64. The van der Waals surface area contributed by atoms with E-state index in [1.54, 1.807) is 0 Å². The van der Waals surface area contributed by atoms with E-state index in [0.29, 0.717) is 6.07 Å². The van der Waals surface area contributed by atoms with Crippen LogP contribution in [0.1, 0.15) is 23.2 Å². The number of halogens is 6. The van der Waals surface area contributed by atoms with E-state index >= 15 is 0 Å². The molecular weight excluding hydrogens is 346 g/mol. The summed E-state index contributed by atoms with van der Waals surface area (Å²) in [6, 6.07) is 1.84. The lowest BCUT2D eigenvalue weighted by molar-refractivity contribution is -0.140. The largest absolute Gasteiger partial charge is 0.418 e. The molecule has 2 nitrogen and oxygen atoms in total. The van der Waals surface area contributed by atoms with Crippen molar-refractivity contribution in [2.45, 2.75) is 12.6 Å². The SMILES string of the molecule is N#Cc1cc(C(F)(F)F)c(C(F)F)nc1I. The van der Waals surface area contributed by atoms with Crippen LogP contribution in [0.25, 0.3) is 0 Å². The first-order chi connectivity index (χ1) is 7.27. The van der Waals surface area contributed by atoms with Gasteiger partial charge in [-0.05, 0) is 28.7 Å². The zero-order valence-corrected chi connectivity index (χ0v) is 9.47. The van der Waals surface area contributed by atoms with Crippen LogP contribution < -0.4 is 0 Å². The van der Waals surface area contributed by atoms with Crippen LogP contribution in [-0.2, 0) is 6.18 Å². The van der Waals surface area contributed by atoms with Crippen LogP contribution in [-0.4, -0.2) is 4.98 Å². The van der Waals surface area contributed by atoms with Gasteiger partial charge in [0.05, 0.1) is 11.1 Å². The van der Waals surface area contributed by atoms with Crippen LogP contribution >= 0.6 is 22.6 Å². The highest BCUT2D eigenvalue weighted by atomic mass is 127. The molecule has 0 fully saturated rings. The molecule has 0 aliphatic rings. The summed E-state index contributed by atoms with van der Waals surface area (Å²) < 4.78 is 61.6. The fourth-order valence-corrected chi connectivity index (χ4v) is 1.51. The van der Waals surface area contributed by atoms with Crippen LogP contribution in [0.4, 0.5) is 22.0 Å². The van der Waals surface area contributed by atoms with E-state index in [2.05, 4.69) is 4.98 Å². The highest BCUT2D eigenvalue weighted by Crippen LogP contribution is 2.36. The monoisotopic (exact) mass is 348 g/mol. The van der Waals surface area contributed by atoms with Crippen molar-refractivity contribution in [3.63, 3.8) is 0 Å². The van der Waals surface area contributed by atoms with Crippen molar-refractivity contribution in [2.24, 2.45) is 0 Å². The lowest BCUT2D eigenvalue weighted by Crippen LogP contribution is -2.13. The van der Waals surface area contributed by atoms with Gasteiger partial charge in [-0.25, -0.2) is 13.8 Å². The zero-order chi connectivity index (χ0) is 12.5. The first kappa shape index (κ1) is 13.1. The van der Waals surface area contributed by atoms with Crippen LogP contribution in [0, 0.1) is 15.0 Å². The van der Waals surface area contributed by atoms with Crippen LogP contribution in [0.2, 0.25) is 0 Å². The van der Waals surface area contributed by atoms with Gasteiger partial charge in [0, 0.05) is 0 Å². The predicted molar refractivity (Wildman–Crippen MR) is 51.6 cm³/mol. The van der Waals surface area contributed by atoms with Crippen LogP contribution in [0.3, 0.4) is 0 Å². The molecule has 0 amide bonds. The molecule has 16 heavy (non-hydrogen) atoms. The van der Waals surface area contributed by atoms with Gasteiger partial charge >= 0.3 is 6.18 Å². The van der Waals surface area contributed by atoms with E-state index in [1.807, 2.05) is 0 Å². The standard InChI is InChI=1S/C8H2F5IN2/c9-6(10)5-4(8(11,12)13)1-3(2-15)7(14)16-5/h1,6H. The Morgan fingerprint density at radius 3 is 2.31 bits per heavy atom. The number of pyridine rings is 1. The van der Waals surface area contributed by atoms with Gasteiger partial charge in [0.25, 0.3) is 6.43 Å². The molecule has 0 saturated carbocycles. The third kappa shape index (κ3) is 2.58. The molecule has 0 N–H and O–H groups in total. The summed E-state index contributed by atoms with van der Waals surface area (Å²) in [5, 5.41) is 8.49. The molecule has 8 heteroatoms. The van der Waals surface area contributed by atoms with Crippen LogP contribution in [0.5, 0.6) is 0 Å². The van der Waals surface area contributed by atoms with Crippen molar-refractivity contribution in [3.05, 3.63) is 26.6 Å². The minimum atomic E-state index is -4.95. The molecule has 0 atom stereocenters. The number of nitrogens with zero attached hydrogens (tertiary/aromatic N) is 2. The average molecular weight is 348 g/mol. The number of hydrogen-bond donors (Lipinski definition) is 0. The molecule has 1 aromatic rings. The van der Waals surface area contributed by atoms with Gasteiger partial charge < -0.3 is 0 Å². The first-order valence-electron chi connectivity index (χ1n) is 3.73. The molecule has 0 unspecified atom stereocenters. The lowest BCUT2D eigenvalue weighted by atomic mass is 10.1. The highest BCUT2D eigenvalue weighted by molar-refractivity contribution is 14.1. The molecule has 0 aliphatic carbocycles. The summed E-state index contributed by atoms with van der Waals surface area (Å²) in [5.41, 5.74) is -3.30. The number of hydrogen-bond acceptors (Lipinski definition) is 2. The second kappa shape index (κ2) is 4.48. The molecule has 0 bridgehead atoms. The number of alkyl halides is 5. The molecule has 0 spiro atoms. The number of nitriles is 1. The summed E-state index contributed by atoms with van der Waals surface area (Å²) in [7, 11) is 0. The lowest BCUT2D eigenvalue weighted by Gasteiger charge is -2.12. The van der Waals surface area contributed by atoms with E-state index in [-0.39, 0.29) is 9.26 Å². The normalized spacial score (nSPS) is 11.6. The van der Waals surface area contributed by atoms with Gasteiger partial charge in [0.1, 0.15) is 15.5 Å². The molecule has 0 radical (unpaired) electrons. The van der Waals surface area contributed by atoms with Gasteiger partial charge in [-0.1, -0.05) is 0 Å². The number of rotatable bonds is 1. The Morgan fingerprint density at radius 1 is 1.38 bits per heavy atom. The van der Waals surface area contributed by atoms with Crippen molar-refractivity contribution in [1.82, 2.24) is 4.98 Å². The molecule has 1 heterocycles. The molecule has 1 rings (SSSR count).